The maximum absolute atomic E-state index is 10.9. The Morgan fingerprint density at radius 3 is 2.77 bits per heavy atom. The first-order valence-electron chi connectivity index (χ1n) is 9.52. The number of nitrogens with zero attached hydrogens (tertiary/aromatic N) is 4. The normalized spacial score (nSPS) is 27.5. The van der Waals surface area contributed by atoms with Crippen molar-refractivity contribution in [1.82, 2.24) is 20.0 Å². The van der Waals surface area contributed by atoms with Gasteiger partial charge in [0.25, 0.3) is 0 Å². The lowest BCUT2D eigenvalue weighted by Crippen LogP contribution is -2.34. The third-order valence-electron chi connectivity index (χ3n) is 5.33. The zero-order chi connectivity index (χ0) is 21.5. The van der Waals surface area contributed by atoms with Gasteiger partial charge in [0.05, 0.1) is 12.3 Å². The Morgan fingerprint density at radius 2 is 2.10 bits per heavy atom. The molecule has 14 heteroatoms. The average Bonchev–Trinajstić information content (AvgIpc) is 3.15. The van der Waals surface area contributed by atoms with E-state index in [1.807, 2.05) is 0 Å². The number of nitrogens with one attached hydrogen (secondary N) is 1. The number of ether oxygens (including phenoxy) is 2. The van der Waals surface area contributed by atoms with Crippen LogP contribution in [0.2, 0.25) is 5.15 Å². The van der Waals surface area contributed by atoms with Crippen molar-refractivity contribution >= 4 is 36.0 Å². The second-order valence-electron chi connectivity index (χ2n) is 7.59. The number of pyridine rings is 1. The minimum Gasteiger partial charge on any atom is -0.387 e. The molecule has 0 aromatic carbocycles. The zero-order valence-corrected chi connectivity index (χ0v) is 17.5. The summed E-state index contributed by atoms with van der Waals surface area (Å²) in [6, 6.07) is 1.65. The van der Waals surface area contributed by atoms with E-state index < -0.39 is 38.5 Å². The van der Waals surface area contributed by atoms with Gasteiger partial charge in [-0.15, -0.1) is 5.10 Å². The highest BCUT2D eigenvalue weighted by atomic mass is 35.5. The largest absolute Gasteiger partial charge is 0.387 e. The summed E-state index contributed by atoms with van der Waals surface area (Å²) < 4.78 is 22.7. The predicted molar refractivity (Wildman–Crippen MR) is 105 cm³/mol. The summed E-state index contributed by atoms with van der Waals surface area (Å²) in [5.74, 6) is 0.603. The lowest BCUT2D eigenvalue weighted by atomic mass is 9.85. The van der Waals surface area contributed by atoms with Gasteiger partial charge < -0.3 is 34.8 Å². The molecule has 0 amide bonds. The Labute approximate surface area is 176 Å². The predicted octanol–water partition coefficient (Wildman–Crippen LogP) is 0.463. The van der Waals surface area contributed by atoms with Crippen LogP contribution in [-0.4, -0.2) is 77.8 Å². The molecule has 0 bridgehead atoms. The van der Waals surface area contributed by atoms with Gasteiger partial charge in [0.2, 0.25) is 0 Å². The Hall–Kier alpha value is -1.37. The Morgan fingerprint density at radius 1 is 1.33 bits per heavy atom. The first kappa shape index (κ1) is 21.8. The van der Waals surface area contributed by atoms with Gasteiger partial charge in [-0.3, -0.25) is 4.57 Å². The van der Waals surface area contributed by atoms with E-state index in [1.165, 1.54) is 23.9 Å². The fourth-order valence-corrected chi connectivity index (χ4v) is 4.03. The third kappa shape index (κ3) is 4.61. The second-order valence-corrected chi connectivity index (χ2v) is 9.56. The van der Waals surface area contributed by atoms with Crippen LogP contribution >= 0.6 is 19.2 Å². The van der Waals surface area contributed by atoms with Crippen molar-refractivity contribution in [3.05, 3.63) is 11.2 Å². The van der Waals surface area contributed by atoms with Crippen LogP contribution in [0.5, 0.6) is 0 Å². The molecule has 12 nitrogen and oxygen atoms in total. The highest BCUT2D eigenvalue weighted by molar-refractivity contribution is 7.51. The van der Waals surface area contributed by atoms with Crippen LogP contribution < -0.4 is 5.32 Å². The van der Waals surface area contributed by atoms with Crippen LogP contribution in [0.1, 0.15) is 25.5 Å². The molecular weight excluding hydrogens is 441 g/mol. The number of fused-ring (bicyclic) bond motifs is 1. The summed E-state index contributed by atoms with van der Waals surface area (Å²) in [6.45, 7) is 0.456. The second kappa shape index (κ2) is 8.64. The molecule has 3 heterocycles. The number of rotatable bonds is 8. The van der Waals surface area contributed by atoms with Gasteiger partial charge >= 0.3 is 7.60 Å². The van der Waals surface area contributed by atoms with E-state index in [9.17, 15) is 14.8 Å². The van der Waals surface area contributed by atoms with E-state index in [0.717, 1.165) is 6.54 Å². The van der Waals surface area contributed by atoms with Crippen molar-refractivity contribution < 1.29 is 34.0 Å². The van der Waals surface area contributed by atoms with Crippen LogP contribution in [-0.2, 0) is 14.0 Å². The summed E-state index contributed by atoms with van der Waals surface area (Å²) in [5.41, 5.74) is 1.38. The molecule has 4 rings (SSSR count). The van der Waals surface area contributed by atoms with Crippen LogP contribution in [0.15, 0.2) is 6.07 Å². The Kier molecular flexibility index (Phi) is 6.29. The number of halogens is 1. The number of hydrogen-bond acceptors (Lipinski definition) is 9. The number of aliphatic hydroxyl groups excluding tert-OH is 2. The van der Waals surface area contributed by atoms with Gasteiger partial charge in [0, 0.05) is 12.6 Å². The summed E-state index contributed by atoms with van der Waals surface area (Å²) in [5, 5.41) is 32.3. The topological polar surface area (TPSA) is 172 Å². The molecule has 166 valence electrons. The number of aliphatic hydroxyl groups is 2. The molecular formula is C16H23ClN5O7P. The molecule has 0 spiro atoms. The van der Waals surface area contributed by atoms with Crippen molar-refractivity contribution in [3.63, 3.8) is 0 Å². The van der Waals surface area contributed by atoms with Crippen LogP contribution in [0.25, 0.3) is 11.2 Å². The summed E-state index contributed by atoms with van der Waals surface area (Å²) in [6.07, 6.45) is -2.13. The standard InChI is InChI=1S/C16H23ClN5O7P/c17-11-4-9(18-5-8-2-1-3-8)12-15(19-11)22(21-20-12)16-14(24)13(23)10(29-16)6-28-7-30(25,26)27/h4,8,10,13-14,16,23-24H,1-3,5-7H2,(H,18,19)(H2,25,26,27)/t10-,13-,14-,16-/m1/s1. The Balaban J connectivity index is 1.52. The molecule has 0 radical (unpaired) electrons. The highest BCUT2D eigenvalue weighted by Crippen LogP contribution is 2.36. The van der Waals surface area contributed by atoms with Gasteiger partial charge in [-0.25, -0.2) is 4.98 Å². The number of hydrogen-bond donors (Lipinski definition) is 5. The first-order valence-corrected chi connectivity index (χ1v) is 11.7. The molecule has 0 unspecified atom stereocenters. The molecule has 30 heavy (non-hydrogen) atoms. The third-order valence-corrected chi connectivity index (χ3v) is 6.04. The van der Waals surface area contributed by atoms with E-state index in [4.69, 9.17) is 30.9 Å². The first-order chi connectivity index (χ1) is 14.2. The SMILES string of the molecule is O=P(O)(O)COC[C@H]1O[C@@H](n2nnc3c(NCC4CCC4)cc(Cl)nc32)[C@H](O)[C@@H]1O. The van der Waals surface area contributed by atoms with E-state index in [1.54, 1.807) is 6.07 Å². The fraction of sp³-hybridized carbons (Fsp3) is 0.688. The zero-order valence-electron chi connectivity index (χ0n) is 15.8. The Bertz CT molecular complexity index is 951. The molecule has 2 aromatic rings. The minimum absolute atomic E-state index is 0.205. The summed E-state index contributed by atoms with van der Waals surface area (Å²) >= 11 is 6.16. The maximum atomic E-state index is 10.9. The van der Waals surface area contributed by atoms with Crippen molar-refractivity contribution in [2.24, 2.45) is 5.92 Å². The van der Waals surface area contributed by atoms with Crippen molar-refractivity contribution in [3.8, 4) is 0 Å². The lowest BCUT2D eigenvalue weighted by Gasteiger charge is -2.25. The van der Waals surface area contributed by atoms with Crippen LogP contribution in [0, 0.1) is 5.92 Å². The van der Waals surface area contributed by atoms with Gasteiger partial charge in [-0.1, -0.05) is 23.2 Å². The smallest absolute Gasteiger partial charge is 0.350 e. The van der Waals surface area contributed by atoms with Crippen molar-refractivity contribution in [2.45, 2.75) is 43.8 Å². The monoisotopic (exact) mass is 463 g/mol. The van der Waals surface area contributed by atoms with E-state index in [0.29, 0.717) is 17.1 Å². The molecule has 4 atom stereocenters. The van der Waals surface area contributed by atoms with E-state index in [2.05, 4.69) is 20.6 Å². The van der Waals surface area contributed by atoms with Crippen molar-refractivity contribution in [1.29, 1.82) is 0 Å². The summed E-state index contributed by atoms with van der Waals surface area (Å²) in [7, 11) is -4.36. The minimum atomic E-state index is -4.36. The average molecular weight is 464 g/mol. The number of anilines is 1. The molecule has 2 fully saturated rings. The highest BCUT2D eigenvalue weighted by Gasteiger charge is 2.45. The molecule has 1 saturated heterocycles. The fourth-order valence-electron chi connectivity index (χ4n) is 3.50. The van der Waals surface area contributed by atoms with E-state index >= 15 is 0 Å². The van der Waals surface area contributed by atoms with Crippen molar-refractivity contribution in [2.75, 3.05) is 24.8 Å². The van der Waals surface area contributed by atoms with Gasteiger partial charge in [-0.05, 0) is 18.8 Å². The lowest BCUT2D eigenvalue weighted by molar-refractivity contribution is -0.0665. The van der Waals surface area contributed by atoms with Crippen LogP contribution in [0.3, 0.4) is 0 Å². The van der Waals surface area contributed by atoms with E-state index in [-0.39, 0.29) is 17.4 Å². The quantitative estimate of drug-likeness (QED) is 0.272. The molecule has 2 aromatic heterocycles. The molecule has 2 aliphatic rings. The molecule has 5 N–H and O–H groups in total. The van der Waals surface area contributed by atoms with Gasteiger partial charge in [-0.2, -0.15) is 4.68 Å². The maximum Gasteiger partial charge on any atom is 0.350 e. The van der Waals surface area contributed by atoms with Gasteiger partial charge in [0.1, 0.15) is 29.8 Å². The molecule has 1 saturated carbocycles. The summed E-state index contributed by atoms with van der Waals surface area (Å²) in [4.78, 5) is 22.0. The molecule has 1 aliphatic carbocycles. The molecule has 1 aliphatic heterocycles. The number of aromatic nitrogens is 4. The van der Waals surface area contributed by atoms with Crippen LogP contribution in [0.4, 0.5) is 5.69 Å². The van der Waals surface area contributed by atoms with Gasteiger partial charge in [0.15, 0.2) is 17.4 Å².